The van der Waals surface area contributed by atoms with Gasteiger partial charge in [0, 0.05) is 43.6 Å². The lowest BCUT2D eigenvalue weighted by Crippen LogP contribution is -2.41. The summed E-state index contributed by atoms with van der Waals surface area (Å²) in [5.41, 5.74) is 1.18. The van der Waals surface area contributed by atoms with Gasteiger partial charge in [-0.15, -0.1) is 0 Å². The van der Waals surface area contributed by atoms with Gasteiger partial charge in [0.05, 0.1) is 10.9 Å². The number of rotatable bonds is 12. The van der Waals surface area contributed by atoms with Crippen molar-refractivity contribution < 1.29 is 27.5 Å². The van der Waals surface area contributed by atoms with E-state index < -0.39 is 22.0 Å². The first-order valence-electron chi connectivity index (χ1n) is 10.8. The zero-order valence-electron chi connectivity index (χ0n) is 19.4. The van der Waals surface area contributed by atoms with E-state index >= 15 is 0 Å². The summed E-state index contributed by atoms with van der Waals surface area (Å²) in [4.78, 5) is 35.9. The van der Waals surface area contributed by atoms with Crippen molar-refractivity contribution in [3.05, 3.63) is 54.1 Å². The van der Waals surface area contributed by atoms with Gasteiger partial charge >= 0.3 is 0 Å². The first-order valence-corrected chi connectivity index (χ1v) is 12.3. The highest BCUT2D eigenvalue weighted by Crippen LogP contribution is 2.15. The molecule has 2 aromatic rings. The average molecular weight is 491 g/mol. The first kappa shape index (κ1) is 27.0. The van der Waals surface area contributed by atoms with Crippen molar-refractivity contribution in [1.29, 1.82) is 0 Å². The van der Waals surface area contributed by atoms with Gasteiger partial charge in [-0.05, 0) is 62.7 Å². The topological polar surface area (TPSA) is 143 Å². The van der Waals surface area contributed by atoms with Crippen LogP contribution in [0.5, 0.6) is 0 Å². The average Bonchev–Trinajstić information content (AvgIpc) is 2.78. The highest BCUT2D eigenvalue weighted by Gasteiger charge is 2.22. The second-order valence-electron chi connectivity index (χ2n) is 7.42. The van der Waals surface area contributed by atoms with Gasteiger partial charge in [-0.2, -0.15) is 4.72 Å². The third-order valence-corrected chi connectivity index (χ3v) is 6.11. The summed E-state index contributed by atoms with van der Waals surface area (Å²) in [5.74, 6) is -1.15. The molecule has 0 aromatic heterocycles. The van der Waals surface area contributed by atoms with E-state index in [2.05, 4.69) is 20.7 Å². The summed E-state index contributed by atoms with van der Waals surface area (Å²) >= 11 is 0. The molecule has 0 saturated carbocycles. The van der Waals surface area contributed by atoms with Crippen molar-refractivity contribution in [1.82, 2.24) is 10.0 Å². The van der Waals surface area contributed by atoms with Crippen LogP contribution in [-0.4, -0.2) is 51.9 Å². The van der Waals surface area contributed by atoms with E-state index in [1.807, 2.05) is 6.92 Å². The van der Waals surface area contributed by atoms with Crippen LogP contribution < -0.4 is 20.7 Å². The van der Waals surface area contributed by atoms with E-state index in [4.69, 9.17) is 4.74 Å². The van der Waals surface area contributed by atoms with Gasteiger partial charge in [-0.25, -0.2) is 8.42 Å². The number of hydrogen-bond donors (Lipinski definition) is 4. The molecule has 10 nitrogen and oxygen atoms in total. The van der Waals surface area contributed by atoms with Gasteiger partial charge < -0.3 is 20.7 Å². The van der Waals surface area contributed by atoms with Gasteiger partial charge in [-0.3, -0.25) is 14.4 Å². The maximum Gasteiger partial charge on any atom is 0.251 e. The molecule has 4 N–H and O–H groups in total. The molecule has 1 atom stereocenters. The SMILES string of the molecule is CCOCCCNC(=O)c1cccc(NC(=O)[C@H](C)NS(=O)(=O)c2ccc(NC(C)=O)cc2)c1. The third-order valence-electron chi connectivity index (χ3n) is 4.56. The molecular formula is C23H30N4O6S. The zero-order chi connectivity index (χ0) is 25.1. The third kappa shape index (κ3) is 8.58. The minimum absolute atomic E-state index is 0.0516. The Kier molecular flexibility index (Phi) is 10.2. The lowest BCUT2D eigenvalue weighted by Gasteiger charge is -2.15. The van der Waals surface area contributed by atoms with Crippen molar-refractivity contribution >= 4 is 39.1 Å². The summed E-state index contributed by atoms with van der Waals surface area (Å²) in [6.45, 7) is 6.29. The summed E-state index contributed by atoms with van der Waals surface area (Å²) < 4.78 is 32.7. The van der Waals surface area contributed by atoms with Crippen LogP contribution in [0, 0.1) is 0 Å². The van der Waals surface area contributed by atoms with Gasteiger partial charge in [-0.1, -0.05) is 6.07 Å². The summed E-state index contributed by atoms with van der Waals surface area (Å²) in [7, 11) is -3.98. The number of hydrogen-bond acceptors (Lipinski definition) is 6. The lowest BCUT2D eigenvalue weighted by atomic mass is 10.2. The van der Waals surface area contributed by atoms with Crippen LogP contribution in [-0.2, 0) is 24.3 Å². The molecule has 2 aromatic carbocycles. The molecule has 0 aliphatic rings. The molecule has 34 heavy (non-hydrogen) atoms. The molecule has 0 bridgehead atoms. The molecule has 0 heterocycles. The minimum atomic E-state index is -3.98. The maximum atomic E-state index is 12.6. The Labute approximate surface area is 199 Å². The van der Waals surface area contributed by atoms with E-state index in [-0.39, 0.29) is 16.7 Å². The molecule has 0 radical (unpaired) electrons. The van der Waals surface area contributed by atoms with Crippen molar-refractivity contribution in [2.45, 2.75) is 38.1 Å². The second-order valence-corrected chi connectivity index (χ2v) is 9.14. The molecule has 0 fully saturated rings. The molecule has 0 aliphatic heterocycles. The molecule has 11 heteroatoms. The second kappa shape index (κ2) is 12.8. The molecule has 2 rings (SSSR count). The Morgan fingerprint density at radius 3 is 2.35 bits per heavy atom. The van der Waals surface area contributed by atoms with Crippen LogP contribution >= 0.6 is 0 Å². The van der Waals surface area contributed by atoms with Crippen LogP contribution in [0.15, 0.2) is 53.4 Å². The number of anilines is 2. The number of sulfonamides is 1. The van der Waals surface area contributed by atoms with Crippen LogP contribution in [0.4, 0.5) is 11.4 Å². The van der Waals surface area contributed by atoms with Crippen LogP contribution in [0.1, 0.15) is 37.6 Å². The zero-order valence-corrected chi connectivity index (χ0v) is 20.2. The fourth-order valence-corrected chi connectivity index (χ4v) is 4.09. The Morgan fingerprint density at radius 2 is 1.71 bits per heavy atom. The molecule has 0 saturated heterocycles. The number of carbonyl (C=O) groups excluding carboxylic acids is 3. The Morgan fingerprint density at radius 1 is 1.00 bits per heavy atom. The van der Waals surface area contributed by atoms with E-state index in [1.165, 1.54) is 44.2 Å². The van der Waals surface area contributed by atoms with Crippen molar-refractivity contribution in [2.24, 2.45) is 0 Å². The number of nitrogens with one attached hydrogen (secondary N) is 4. The maximum absolute atomic E-state index is 12.6. The van der Waals surface area contributed by atoms with E-state index in [0.717, 1.165) is 0 Å². The predicted molar refractivity (Wildman–Crippen MR) is 129 cm³/mol. The van der Waals surface area contributed by atoms with E-state index in [0.29, 0.717) is 43.1 Å². The van der Waals surface area contributed by atoms with E-state index in [9.17, 15) is 22.8 Å². The molecule has 0 spiro atoms. The molecule has 0 unspecified atom stereocenters. The van der Waals surface area contributed by atoms with Crippen molar-refractivity contribution in [2.75, 3.05) is 30.4 Å². The Hall–Kier alpha value is -3.28. The highest BCUT2D eigenvalue weighted by molar-refractivity contribution is 7.89. The van der Waals surface area contributed by atoms with Crippen LogP contribution in [0.3, 0.4) is 0 Å². The molecule has 184 valence electrons. The van der Waals surface area contributed by atoms with Crippen molar-refractivity contribution in [3.8, 4) is 0 Å². The van der Waals surface area contributed by atoms with Gasteiger partial charge in [0.2, 0.25) is 21.8 Å². The molecule has 3 amide bonds. The summed E-state index contributed by atoms with van der Waals surface area (Å²) in [6, 6.07) is 10.8. The number of ether oxygens (including phenoxy) is 1. The Balaban J connectivity index is 1.95. The van der Waals surface area contributed by atoms with Gasteiger partial charge in [0.1, 0.15) is 0 Å². The largest absolute Gasteiger partial charge is 0.382 e. The minimum Gasteiger partial charge on any atom is -0.382 e. The van der Waals surface area contributed by atoms with Crippen LogP contribution in [0.25, 0.3) is 0 Å². The Bertz CT molecular complexity index is 1100. The number of benzene rings is 2. The fourth-order valence-electron chi connectivity index (χ4n) is 2.89. The monoisotopic (exact) mass is 490 g/mol. The standard InChI is InChI=1S/C23H30N4O6S/c1-4-33-14-6-13-24-23(30)18-7-5-8-20(15-18)26-22(29)16(2)27-34(31,32)21-11-9-19(10-12-21)25-17(3)28/h5,7-12,15-16,27H,4,6,13-14H2,1-3H3,(H,24,30)(H,25,28)(H,26,29)/t16-/m0/s1. The van der Waals surface area contributed by atoms with Crippen LogP contribution in [0.2, 0.25) is 0 Å². The van der Waals surface area contributed by atoms with Gasteiger partial charge in [0.15, 0.2) is 0 Å². The number of amides is 3. The highest BCUT2D eigenvalue weighted by atomic mass is 32.2. The van der Waals surface area contributed by atoms with Gasteiger partial charge in [0.25, 0.3) is 5.91 Å². The van der Waals surface area contributed by atoms with Crippen molar-refractivity contribution in [3.63, 3.8) is 0 Å². The number of carbonyl (C=O) groups is 3. The quantitative estimate of drug-likeness (QED) is 0.336. The molecular weight excluding hydrogens is 460 g/mol. The lowest BCUT2D eigenvalue weighted by molar-refractivity contribution is -0.117. The summed E-state index contributed by atoms with van der Waals surface area (Å²) in [6.07, 6.45) is 0.684. The fraction of sp³-hybridized carbons (Fsp3) is 0.348. The normalized spacial score (nSPS) is 12.0. The van der Waals surface area contributed by atoms with E-state index in [1.54, 1.807) is 18.2 Å². The smallest absolute Gasteiger partial charge is 0.251 e. The first-order chi connectivity index (χ1) is 16.1. The summed E-state index contributed by atoms with van der Waals surface area (Å²) in [5, 5.41) is 7.94. The predicted octanol–water partition coefficient (Wildman–Crippen LogP) is 2.11. The molecule has 0 aliphatic carbocycles.